The van der Waals surface area contributed by atoms with Gasteiger partial charge in [0.2, 0.25) is 0 Å². The second-order valence-electron chi connectivity index (χ2n) is 5.87. The van der Waals surface area contributed by atoms with Crippen molar-refractivity contribution < 1.29 is 4.74 Å². The predicted molar refractivity (Wildman–Crippen MR) is 103 cm³/mol. The van der Waals surface area contributed by atoms with Crippen molar-refractivity contribution >= 4 is 28.7 Å². The number of ether oxygens (including phenoxy) is 1. The summed E-state index contributed by atoms with van der Waals surface area (Å²) in [5.74, 6) is 0.840. The van der Waals surface area contributed by atoms with Crippen LogP contribution in [0.4, 0.5) is 5.69 Å². The highest BCUT2D eigenvalue weighted by Crippen LogP contribution is 2.26. The van der Waals surface area contributed by atoms with Crippen molar-refractivity contribution in [3.8, 4) is 5.75 Å². The summed E-state index contributed by atoms with van der Waals surface area (Å²) in [7, 11) is 5.74. The number of nitrogens with one attached hydrogen (secondary N) is 2. The molecule has 1 heterocycles. The van der Waals surface area contributed by atoms with Gasteiger partial charge in [-0.05, 0) is 65.8 Å². The Morgan fingerprint density at radius 1 is 1.00 bits per heavy atom. The molecule has 0 unspecified atom stereocenters. The molecule has 1 aliphatic heterocycles. The summed E-state index contributed by atoms with van der Waals surface area (Å²) in [5, 5.41) is 7.17. The van der Waals surface area contributed by atoms with Crippen LogP contribution in [0.3, 0.4) is 0 Å². The molecule has 0 aromatic heterocycles. The van der Waals surface area contributed by atoms with E-state index in [9.17, 15) is 0 Å². The molecule has 4 nitrogen and oxygen atoms in total. The first-order chi connectivity index (χ1) is 11.6. The summed E-state index contributed by atoms with van der Waals surface area (Å²) in [5.41, 5.74) is 4.43. The minimum absolute atomic E-state index is 0.0482. The van der Waals surface area contributed by atoms with Gasteiger partial charge < -0.3 is 20.3 Å². The van der Waals surface area contributed by atoms with Gasteiger partial charge in [0.05, 0.1) is 13.2 Å². The van der Waals surface area contributed by atoms with E-state index in [1.165, 1.54) is 11.3 Å². The van der Waals surface area contributed by atoms with Gasteiger partial charge in [-0.2, -0.15) is 0 Å². The molecule has 0 bridgehead atoms. The molecule has 0 saturated heterocycles. The molecule has 0 radical (unpaired) electrons. The Morgan fingerprint density at radius 3 is 2.25 bits per heavy atom. The molecule has 2 aromatic rings. The van der Waals surface area contributed by atoms with E-state index in [-0.39, 0.29) is 6.04 Å². The molecule has 5 heteroatoms. The fraction of sp³-hybridized carbons (Fsp3) is 0.211. The second-order valence-corrected chi connectivity index (χ2v) is 6.28. The first-order valence-corrected chi connectivity index (χ1v) is 8.18. The molecule has 0 spiro atoms. The summed E-state index contributed by atoms with van der Waals surface area (Å²) in [6.07, 6.45) is 2.16. The lowest BCUT2D eigenvalue weighted by Gasteiger charge is -2.26. The van der Waals surface area contributed by atoms with E-state index < -0.39 is 0 Å². The van der Waals surface area contributed by atoms with Crippen LogP contribution in [0.2, 0.25) is 0 Å². The third-order valence-electron chi connectivity index (χ3n) is 4.04. The Kier molecular flexibility index (Phi) is 4.71. The maximum Gasteiger partial charge on any atom is 0.171 e. The number of benzene rings is 2. The zero-order chi connectivity index (χ0) is 17.1. The number of thiocarbonyl (C=S) groups is 1. The topological polar surface area (TPSA) is 36.5 Å². The minimum Gasteiger partial charge on any atom is -0.497 e. The fourth-order valence-corrected chi connectivity index (χ4v) is 2.88. The van der Waals surface area contributed by atoms with Crippen LogP contribution >= 0.6 is 12.2 Å². The van der Waals surface area contributed by atoms with Crippen molar-refractivity contribution in [3.05, 3.63) is 65.7 Å². The SMILES string of the molecule is COc1ccc(C2=C[C@H](c3ccc(N(C)C)cc3)NC(=S)N2)cc1. The molecule has 1 atom stereocenters. The summed E-state index contributed by atoms with van der Waals surface area (Å²) < 4.78 is 5.22. The molecule has 0 saturated carbocycles. The van der Waals surface area contributed by atoms with E-state index in [4.69, 9.17) is 17.0 Å². The Balaban J connectivity index is 1.88. The standard InChI is InChI=1S/C19H21N3OS/c1-22(2)15-8-4-13(5-9-15)17-12-18(21-19(24)20-17)14-6-10-16(23-3)11-7-14/h4-12,17H,1-3H3,(H2,20,21,24)/t17-/m1/s1. The Morgan fingerprint density at radius 2 is 1.67 bits per heavy atom. The average Bonchev–Trinajstić information content (AvgIpc) is 2.61. The third kappa shape index (κ3) is 3.51. The zero-order valence-electron chi connectivity index (χ0n) is 14.0. The molecule has 1 aliphatic rings. The van der Waals surface area contributed by atoms with E-state index in [1.807, 2.05) is 38.4 Å². The number of nitrogens with zero attached hydrogens (tertiary/aromatic N) is 1. The first-order valence-electron chi connectivity index (χ1n) is 7.78. The highest BCUT2D eigenvalue weighted by atomic mass is 32.1. The summed E-state index contributed by atoms with van der Waals surface area (Å²) in [6.45, 7) is 0. The number of methoxy groups -OCH3 is 1. The molecule has 3 rings (SSSR count). The van der Waals surface area contributed by atoms with E-state index in [0.29, 0.717) is 5.11 Å². The fourth-order valence-electron chi connectivity index (χ4n) is 2.65. The lowest BCUT2D eigenvalue weighted by molar-refractivity contribution is 0.415. The molecule has 24 heavy (non-hydrogen) atoms. The lowest BCUT2D eigenvalue weighted by atomic mass is 10.0. The van der Waals surface area contributed by atoms with Gasteiger partial charge in [-0.3, -0.25) is 0 Å². The van der Waals surface area contributed by atoms with Crippen molar-refractivity contribution in [1.82, 2.24) is 10.6 Å². The van der Waals surface area contributed by atoms with Crippen molar-refractivity contribution in [2.24, 2.45) is 0 Å². The largest absolute Gasteiger partial charge is 0.497 e. The van der Waals surface area contributed by atoms with Crippen LogP contribution in [0.5, 0.6) is 5.75 Å². The average molecular weight is 339 g/mol. The molecule has 0 amide bonds. The van der Waals surface area contributed by atoms with Gasteiger partial charge in [-0.1, -0.05) is 12.1 Å². The number of rotatable bonds is 4. The van der Waals surface area contributed by atoms with Crippen molar-refractivity contribution in [2.45, 2.75) is 6.04 Å². The van der Waals surface area contributed by atoms with Crippen LogP contribution in [0.1, 0.15) is 17.2 Å². The van der Waals surface area contributed by atoms with E-state index in [1.54, 1.807) is 7.11 Å². The van der Waals surface area contributed by atoms with Gasteiger partial charge in [-0.15, -0.1) is 0 Å². The molecule has 0 aliphatic carbocycles. The van der Waals surface area contributed by atoms with Gasteiger partial charge in [0.1, 0.15) is 5.75 Å². The van der Waals surface area contributed by atoms with Crippen LogP contribution in [0, 0.1) is 0 Å². The van der Waals surface area contributed by atoms with E-state index in [2.05, 4.69) is 45.9 Å². The summed E-state index contributed by atoms with van der Waals surface area (Å²) in [6, 6.07) is 16.5. The van der Waals surface area contributed by atoms with Crippen molar-refractivity contribution in [3.63, 3.8) is 0 Å². The molecular formula is C19H21N3OS. The van der Waals surface area contributed by atoms with Gasteiger partial charge in [-0.25, -0.2) is 0 Å². The van der Waals surface area contributed by atoms with E-state index >= 15 is 0 Å². The zero-order valence-corrected chi connectivity index (χ0v) is 14.9. The highest BCUT2D eigenvalue weighted by Gasteiger charge is 2.18. The minimum atomic E-state index is 0.0482. The van der Waals surface area contributed by atoms with Crippen molar-refractivity contribution in [2.75, 3.05) is 26.1 Å². The Labute approximate surface area is 148 Å². The molecule has 2 aromatic carbocycles. The van der Waals surface area contributed by atoms with Crippen molar-refractivity contribution in [1.29, 1.82) is 0 Å². The number of anilines is 1. The number of hydrogen-bond acceptors (Lipinski definition) is 3. The molecule has 124 valence electrons. The maximum absolute atomic E-state index is 5.38. The normalized spacial score (nSPS) is 16.7. The maximum atomic E-state index is 5.38. The van der Waals surface area contributed by atoms with Gasteiger partial charge in [0, 0.05) is 25.5 Å². The Bertz CT molecular complexity index is 751. The third-order valence-corrected chi connectivity index (χ3v) is 4.26. The summed E-state index contributed by atoms with van der Waals surface area (Å²) >= 11 is 5.38. The predicted octanol–water partition coefficient (Wildman–Crippen LogP) is 3.32. The molecule has 2 N–H and O–H groups in total. The van der Waals surface area contributed by atoms with Gasteiger partial charge in [0.25, 0.3) is 0 Å². The lowest BCUT2D eigenvalue weighted by Crippen LogP contribution is -2.40. The van der Waals surface area contributed by atoms with Gasteiger partial charge >= 0.3 is 0 Å². The first kappa shape index (κ1) is 16.3. The van der Waals surface area contributed by atoms with E-state index in [0.717, 1.165) is 17.0 Å². The molecular weight excluding hydrogens is 318 g/mol. The monoisotopic (exact) mass is 339 g/mol. The van der Waals surface area contributed by atoms with Crippen LogP contribution < -0.4 is 20.3 Å². The summed E-state index contributed by atoms with van der Waals surface area (Å²) in [4.78, 5) is 2.09. The van der Waals surface area contributed by atoms with Crippen LogP contribution in [-0.4, -0.2) is 26.3 Å². The quantitative estimate of drug-likeness (QED) is 0.836. The smallest absolute Gasteiger partial charge is 0.171 e. The molecule has 0 fully saturated rings. The Hall–Kier alpha value is -2.53. The van der Waals surface area contributed by atoms with Gasteiger partial charge in [0.15, 0.2) is 5.11 Å². The van der Waals surface area contributed by atoms with Crippen LogP contribution in [-0.2, 0) is 0 Å². The van der Waals surface area contributed by atoms with Crippen LogP contribution in [0.15, 0.2) is 54.6 Å². The second kappa shape index (κ2) is 6.93. The highest BCUT2D eigenvalue weighted by molar-refractivity contribution is 7.80. The number of hydrogen-bond donors (Lipinski definition) is 2. The van der Waals surface area contributed by atoms with Crippen LogP contribution in [0.25, 0.3) is 5.70 Å².